The Labute approximate surface area is 220 Å². The normalized spacial score (nSPS) is 14.4. The molecule has 4 aromatic rings. The molecule has 0 unspecified atom stereocenters. The monoisotopic (exact) mass is 518 g/mol. The molecule has 5 rings (SSSR count). The molecule has 8 heteroatoms. The number of benzene rings is 3. The van der Waals surface area contributed by atoms with Gasteiger partial charge in [-0.25, -0.2) is 14.4 Å². The molecule has 1 N–H and O–H groups in total. The number of nitrogens with one attached hydrogen (secondary N) is 1. The second kappa shape index (κ2) is 11.6. The highest BCUT2D eigenvalue weighted by Crippen LogP contribution is 2.35. The highest BCUT2D eigenvalue weighted by Gasteiger charge is 2.21. The van der Waals surface area contributed by atoms with Crippen LogP contribution in [0.25, 0.3) is 10.9 Å². The summed E-state index contributed by atoms with van der Waals surface area (Å²) >= 11 is 6.50. The average Bonchev–Trinajstić information content (AvgIpc) is 2.90. The van der Waals surface area contributed by atoms with Crippen molar-refractivity contribution in [1.82, 2.24) is 14.9 Å². The van der Waals surface area contributed by atoms with Gasteiger partial charge in [0.05, 0.1) is 15.9 Å². The molecular formula is C29H28ClFN4O2. The molecule has 1 saturated heterocycles. The number of anilines is 2. The van der Waals surface area contributed by atoms with Gasteiger partial charge in [-0.15, -0.1) is 6.58 Å². The van der Waals surface area contributed by atoms with Gasteiger partial charge in [-0.1, -0.05) is 35.9 Å². The fraction of sp³-hybridized carbons (Fsp3) is 0.241. The van der Waals surface area contributed by atoms with Gasteiger partial charge in [0, 0.05) is 25.3 Å². The van der Waals surface area contributed by atoms with E-state index in [-0.39, 0.29) is 18.5 Å². The van der Waals surface area contributed by atoms with E-state index < -0.39 is 0 Å². The van der Waals surface area contributed by atoms with Gasteiger partial charge in [-0.2, -0.15) is 0 Å². The van der Waals surface area contributed by atoms with Crippen molar-refractivity contribution >= 4 is 34.0 Å². The Balaban J connectivity index is 1.32. The van der Waals surface area contributed by atoms with Gasteiger partial charge in [-0.3, -0.25) is 4.90 Å². The number of ether oxygens (including phenoxy) is 2. The average molecular weight is 519 g/mol. The molecule has 1 aliphatic heterocycles. The number of rotatable bonds is 9. The number of halogens is 2. The van der Waals surface area contributed by atoms with Crippen molar-refractivity contribution < 1.29 is 13.9 Å². The summed E-state index contributed by atoms with van der Waals surface area (Å²) in [4.78, 5) is 11.3. The zero-order valence-corrected chi connectivity index (χ0v) is 21.1. The van der Waals surface area contributed by atoms with E-state index in [4.69, 9.17) is 21.1 Å². The molecule has 3 aromatic carbocycles. The van der Waals surface area contributed by atoms with Crippen LogP contribution in [0.1, 0.15) is 18.4 Å². The van der Waals surface area contributed by atoms with E-state index in [0.29, 0.717) is 16.6 Å². The van der Waals surface area contributed by atoms with E-state index in [1.54, 1.807) is 24.3 Å². The molecule has 37 heavy (non-hydrogen) atoms. The van der Waals surface area contributed by atoms with E-state index >= 15 is 0 Å². The Morgan fingerprint density at radius 3 is 2.68 bits per heavy atom. The van der Waals surface area contributed by atoms with Crippen molar-refractivity contribution in [3.05, 3.63) is 96.0 Å². The van der Waals surface area contributed by atoms with E-state index in [2.05, 4.69) is 26.8 Å². The number of hydrogen-bond donors (Lipinski definition) is 1. The molecule has 0 amide bonds. The molecule has 1 fully saturated rings. The van der Waals surface area contributed by atoms with E-state index in [1.807, 2.05) is 30.3 Å². The van der Waals surface area contributed by atoms with Crippen LogP contribution < -0.4 is 14.8 Å². The van der Waals surface area contributed by atoms with Crippen molar-refractivity contribution in [2.75, 3.05) is 25.0 Å². The van der Waals surface area contributed by atoms with Crippen LogP contribution >= 0.6 is 11.6 Å². The summed E-state index contributed by atoms with van der Waals surface area (Å²) in [5.41, 5.74) is 2.26. The van der Waals surface area contributed by atoms with Crippen LogP contribution in [-0.4, -0.2) is 40.6 Å². The maximum Gasteiger partial charge on any atom is 0.145 e. The lowest BCUT2D eigenvalue weighted by molar-refractivity contribution is 0.108. The maximum atomic E-state index is 13.4. The van der Waals surface area contributed by atoms with Gasteiger partial charge in [0.1, 0.15) is 42.2 Å². The Morgan fingerprint density at radius 2 is 1.89 bits per heavy atom. The molecule has 1 aliphatic rings. The van der Waals surface area contributed by atoms with Gasteiger partial charge in [0.25, 0.3) is 0 Å². The van der Waals surface area contributed by atoms with Crippen molar-refractivity contribution in [2.45, 2.75) is 25.6 Å². The quantitative estimate of drug-likeness (QED) is 0.247. The second-order valence-electron chi connectivity index (χ2n) is 8.97. The second-order valence-corrected chi connectivity index (χ2v) is 9.38. The summed E-state index contributed by atoms with van der Waals surface area (Å²) in [7, 11) is 0. The third-order valence-electron chi connectivity index (χ3n) is 6.32. The molecule has 2 heterocycles. The highest BCUT2D eigenvalue weighted by molar-refractivity contribution is 6.32. The van der Waals surface area contributed by atoms with Gasteiger partial charge >= 0.3 is 0 Å². The summed E-state index contributed by atoms with van der Waals surface area (Å²) < 4.78 is 25.7. The van der Waals surface area contributed by atoms with E-state index in [0.717, 1.165) is 60.4 Å². The van der Waals surface area contributed by atoms with Crippen LogP contribution in [0.15, 0.2) is 79.6 Å². The van der Waals surface area contributed by atoms with Crippen LogP contribution in [0.2, 0.25) is 5.02 Å². The minimum atomic E-state index is -0.301. The van der Waals surface area contributed by atoms with Crippen LogP contribution in [0.5, 0.6) is 11.5 Å². The first-order chi connectivity index (χ1) is 18.1. The number of nitrogens with zero attached hydrogens (tertiary/aromatic N) is 3. The lowest BCUT2D eigenvalue weighted by atomic mass is 10.1. The summed E-state index contributed by atoms with van der Waals surface area (Å²) in [6.07, 6.45) is 5.50. The Hall–Kier alpha value is -3.68. The van der Waals surface area contributed by atoms with Gasteiger partial charge in [0.15, 0.2) is 0 Å². The smallest absolute Gasteiger partial charge is 0.145 e. The van der Waals surface area contributed by atoms with E-state index in [1.165, 1.54) is 18.5 Å². The number of fused-ring (bicyclic) bond motifs is 1. The number of hydrogen-bond acceptors (Lipinski definition) is 6. The molecule has 190 valence electrons. The molecular weight excluding hydrogens is 491 g/mol. The van der Waals surface area contributed by atoms with Gasteiger partial charge in [-0.05, 0) is 60.9 Å². The van der Waals surface area contributed by atoms with Crippen LogP contribution in [0, 0.1) is 5.82 Å². The fourth-order valence-electron chi connectivity index (χ4n) is 4.46. The molecule has 0 aliphatic carbocycles. The third kappa shape index (κ3) is 6.18. The molecule has 0 spiro atoms. The molecule has 0 radical (unpaired) electrons. The van der Waals surface area contributed by atoms with Crippen LogP contribution in [-0.2, 0) is 6.61 Å². The number of aromatic nitrogens is 2. The highest BCUT2D eigenvalue weighted by atomic mass is 35.5. The zero-order valence-electron chi connectivity index (χ0n) is 20.4. The van der Waals surface area contributed by atoms with Crippen molar-refractivity contribution in [3.63, 3.8) is 0 Å². The maximum absolute atomic E-state index is 13.4. The standard InChI is InChI=1S/C29H28ClFN4O2/c1-2-13-35-14-11-23(12-15-35)37-27-8-4-7-25-28(27)29(33-19-32-25)34-22-9-10-26(24(30)17-22)36-18-20-5-3-6-21(31)16-20/h2-10,16-17,19,23H,1,11-15,18H2,(H,32,33,34). The molecule has 0 atom stereocenters. The molecule has 6 nitrogen and oxygen atoms in total. The Bertz CT molecular complexity index is 1390. The topological polar surface area (TPSA) is 59.5 Å². The van der Waals surface area contributed by atoms with E-state index in [9.17, 15) is 4.39 Å². The fourth-order valence-corrected chi connectivity index (χ4v) is 4.70. The van der Waals surface area contributed by atoms with Crippen molar-refractivity contribution in [3.8, 4) is 11.5 Å². The van der Waals surface area contributed by atoms with Crippen LogP contribution in [0.3, 0.4) is 0 Å². The zero-order chi connectivity index (χ0) is 25.6. The lowest BCUT2D eigenvalue weighted by Gasteiger charge is -2.31. The number of piperidine rings is 1. The minimum absolute atomic E-state index is 0.128. The first-order valence-corrected chi connectivity index (χ1v) is 12.6. The Morgan fingerprint density at radius 1 is 1.05 bits per heavy atom. The summed E-state index contributed by atoms with van der Waals surface area (Å²) in [6.45, 7) is 6.91. The molecule has 0 bridgehead atoms. The molecule has 0 saturated carbocycles. The summed E-state index contributed by atoms with van der Waals surface area (Å²) in [6, 6.07) is 17.6. The van der Waals surface area contributed by atoms with Gasteiger partial charge in [0.2, 0.25) is 0 Å². The predicted octanol–water partition coefficient (Wildman–Crippen LogP) is 6.77. The Kier molecular flexibility index (Phi) is 7.82. The van der Waals surface area contributed by atoms with Gasteiger partial charge < -0.3 is 14.8 Å². The third-order valence-corrected chi connectivity index (χ3v) is 6.61. The van der Waals surface area contributed by atoms with Crippen LogP contribution in [0.4, 0.5) is 15.9 Å². The molecule has 1 aromatic heterocycles. The number of likely N-dealkylation sites (tertiary alicyclic amines) is 1. The minimum Gasteiger partial charge on any atom is -0.489 e. The van der Waals surface area contributed by atoms with Crippen molar-refractivity contribution in [2.24, 2.45) is 0 Å². The first kappa shape index (κ1) is 25.0. The SMILES string of the molecule is C=CCN1CCC(Oc2cccc3ncnc(Nc4ccc(OCc5cccc(F)c5)c(Cl)c4)c23)CC1. The summed E-state index contributed by atoms with van der Waals surface area (Å²) in [5.74, 6) is 1.60. The predicted molar refractivity (Wildman–Crippen MR) is 145 cm³/mol. The largest absolute Gasteiger partial charge is 0.489 e. The first-order valence-electron chi connectivity index (χ1n) is 12.3. The lowest BCUT2D eigenvalue weighted by Crippen LogP contribution is -2.38. The summed E-state index contributed by atoms with van der Waals surface area (Å²) in [5, 5.41) is 4.61. The van der Waals surface area contributed by atoms with Crippen molar-refractivity contribution in [1.29, 1.82) is 0 Å².